The van der Waals surface area contributed by atoms with E-state index in [9.17, 15) is 8.42 Å². The van der Waals surface area contributed by atoms with E-state index in [0.717, 1.165) is 0 Å². The Morgan fingerprint density at radius 2 is 1.70 bits per heavy atom. The Morgan fingerprint density at radius 1 is 1.15 bits per heavy atom. The fourth-order valence-electron chi connectivity index (χ4n) is 2.02. The van der Waals surface area contributed by atoms with Gasteiger partial charge in [0.15, 0.2) is 0 Å². The van der Waals surface area contributed by atoms with Gasteiger partial charge in [-0.05, 0) is 12.1 Å². The van der Waals surface area contributed by atoms with Gasteiger partial charge in [0.05, 0.1) is 25.3 Å². The molecule has 10 nitrogen and oxygen atoms in total. The van der Waals surface area contributed by atoms with Crippen LogP contribution in [0.25, 0.3) is 0 Å². The van der Waals surface area contributed by atoms with Crippen LogP contribution in [0.3, 0.4) is 0 Å². The van der Waals surface area contributed by atoms with Crippen molar-refractivity contribution < 1.29 is 17.9 Å². The summed E-state index contributed by atoms with van der Waals surface area (Å²) in [6.07, 6.45) is 0. The van der Waals surface area contributed by atoms with Gasteiger partial charge >= 0.3 is 0 Å². The van der Waals surface area contributed by atoms with Crippen molar-refractivity contribution in [3.8, 4) is 11.8 Å². The first kappa shape index (κ1) is 20.5. The molecule has 0 radical (unpaired) electrons. The van der Waals surface area contributed by atoms with E-state index in [1.165, 1.54) is 43.5 Å². The number of aromatic nitrogens is 2. The van der Waals surface area contributed by atoms with Gasteiger partial charge in [-0.2, -0.15) is 14.3 Å². The summed E-state index contributed by atoms with van der Waals surface area (Å²) in [6.45, 7) is 0. The summed E-state index contributed by atoms with van der Waals surface area (Å²) in [6, 6.07) is 7.31. The van der Waals surface area contributed by atoms with Crippen molar-refractivity contribution in [3.63, 3.8) is 0 Å². The van der Waals surface area contributed by atoms with Crippen LogP contribution in [0.15, 0.2) is 40.3 Å². The molecule has 0 aliphatic heterocycles. The topological polar surface area (TPSA) is 123 Å². The number of methoxy groups -OCH3 is 2. The Morgan fingerprint density at radius 3 is 2.19 bits per heavy atom. The lowest BCUT2D eigenvalue weighted by Gasteiger charge is -2.23. The molecule has 0 atom stereocenters. The number of rotatable bonds is 6. The smallest absolute Gasteiger partial charge is 0.274 e. The monoisotopic (exact) mass is 414 g/mol. The molecule has 0 fully saturated rings. The first-order chi connectivity index (χ1) is 12.7. The third kappa shape index (κ3) is 4.49. The maximum atomic E-state index is 13.3. The summed E-state index contributed by atoms with van der Waals surface area (Å²) in [7, 11) is 1.61. The second kappa shape index (κ2) is 8.27. The third-order valence-electron chi connectivity index (χ3n) is 3.13. The van der Waals surface area contributed by atoms with Crippen LogP contribution in [0.4, 0.5) is 5.95 Å². The highest BCUT2D eigenvalue weighted by molar-refractivity contribution is 7.93. The number of guanidine groups is 1. The minimum atomic E-state index is -4.30. The standard InChI is InChI=1S/C15H19ClN6O4S/c1-21(2)20-14(17)22(15-18-12(25-3)9-13(19-15)26-4)27(23,24)11-8-6-5-7-10(11)16/h5-9H,1-4H3,(H2,17,20). The van der Waals surface area contributed by atoms with Gasteiger partial charge in [-0.25, -0.2) is 8.42 Å². The number of nitrogens with two attached hydrogens (primary N) is 1. The highest BCUT2D eigenvalue weighted by Crippen LogP contribution is 2.28. The average Bonchev–Trinajstić information content (AvgIpc) is 2.60. The normalized spacial score (nSPS) is 11.8. The SMILES string of the molecule is COc1cc(OC)nc(N(C(N)=NN(C)C)S(=O)(=O)c2ccccc2Cl)n1. The van der Waals surface area contributed by atoms with E-state index < -0.39 is 16.0 Å². The number of anilines is 1. The number of benzene rings is 1. The van der Waals surface area contributed by atoms with Crippen LogP contribution >= 0.6 is 11.6 Å². The van der Waals surface area contributed by atoms with E-state index in [0.29, 0.717) is 4.31 Å². The minimum Gasteiger partial charge on any atom is -0.481 e. The number of nitrogens with zero attached hydrogens (tertiary/aromatic N) is 5. The number of hydrogen-bond donors (Lipinski definition) is 1. The summed E-state index contributed by atoms with van der Waals surface area (Å²) in [5, 5.41) is 5.30. The molecule has 0 unspecified atom stereocenters. The van der Waals surface area contributed by atoms with Gasteiger partial charge in [-0.15, -0.1) is 5.10 Å². The molecule has 0 saturated heterocycles. The van der Waals surface area contributed by atoms with Crippen LogP contribution in [0.5, 0.6) is 11.8 Å². The van der Waals surface area contributed by atoms with E-state index >= 15 is 0 Å². The molecule has 2 rings (SSSR count). The molecule has 0 amide bonds. The highest BCUT2D eigenvalue weighted by Gasteiger charge is 2.33. The van der Waals surface area contributed by atoms with Crippen molar-refractivity contribution in [2.75, 3.05) is 32.6 Å². The average molecular weight is 415 g/mol. The van der Waals surface area contributed by atoms with Crippen molar-refractivity contribution in [1.82, 2.24) is 15.0 Å². The van der Waals surface area contributed by atoms with Crippen molar-refractivity contribution in [2.45, 2.75) is 4.90 Å². The number of ether oxygens (including phenoxy) is 2. The molecule has 0 aliphatic rings. The van der Waals surface area contributed by atoms with Gasteiger partial charge in [0.25, 0.3) is 16.0 Å². The minimum absolute atomic E-state index is 0.00927. The lowest BCUT2D eigenvalue weighted by molar-refractivity contribution is 0.372. The van der Waals surface area contributed by atoms with E-state index in [1.807, 2.05) is 0 Å². The second-order valence-corrected chi connectivity index (χ2v) is 7.42. The zero-order chi connectivity index (χ0) is 20.2. The lowest BCUT2D eigenvalue weighted by atomic mass is 10.4. The molecule has 2 N–H and O–H groups in total. The van der Waals surface area contributed by atoms with Crippen LogP contribution < -0.4 is 19.5 Å². The Bertz CT molecular complexity index is 929. The van der Waals surface area contributed by atoms with Crippen LogP contribution in [-0.4, -0.2) is 57.7 Å². The first-order valence-electron chi connectivity index (χ1n) is 7.49. The predicted octanol–water partition coefficient (Wildman–Crippen LogP) is 1.13. The van der Waals surface area contributed by atoms with Crippen molar-refractivity contribution in [3.05, 3.63) is 35.4 Å². The predicted molar refractivity (Wildman–Crippen MR) is 102 cm³/mol. The van der Waals surface area contributed by atoms with Gasteiger partial charge in [0, 0.05) is 14.1 Å². The quantitative estimate of drug-likeness (QED) is 0.424. The largest absolute Gasteiger partial charge is 0.481 e. The number of sulfonamides is 1. The van der Waals surface area contributed by atoms with Gasteiger partial charge < -0.3 is 15.2 Å². The first-order valence-corrected chi connectivity index (χ1v) is 9.30. The second-order valence-electron chi connectivity index (χ2n) is 5.26. The maximum absolute atomic E-state index is 13.3. The third-order valence-corrected chi connectivity index (χ3v) is 5.32. The van der Waals surface area contributed by atoms with Crippen LogP contribution in [-0.2, 0) is 10.0 Å². The van der Waals surface area contributed by atoms with Crippen LogP contribution in [0, 0.1) is 0 Å². The van der Waals surface area contributed by atoms with Gasteiger partial charge in [0.2, 0.25) is 17.7 Å². The Labute approximate surface area is 162 Å². The molecule has 27 heavy (non-hydrogen) atoms. The molecule has 146 valence electrons. The molecule has 1 aromatic carbocycles. The van der Waals surface area contributed by atoms with E-state index in [2.05, 4.69) is 15.1 Å². The molecule has 0 saturated carbocycles. The molecule has 1 heterocycles. The van der Waals surface area contributed by atoms with Gasteiger partial charge in [0.1, 0.15) is 4.90 Å². The maximum Gasteiger partial charge on any atom is 0.274 e. The van der Waals surface area contributed by atoms with Crippen LogP contribution in [0.2, 0.25) is 5.02 Å². The molecule has 0 aliphatic carbocycles. The molecular weight excluding hydrogens is 396 g/mol. The fourth-order valence-corrected chi connectivity index (χ4v) is 3.79. The van der Waals surface area contributed by atoms with Crippen LogP contribution in [0.1, 0.15) is 0 Å². The number of hydrazone groups is 1. The molecular formula is C15H19ClN6O4S. The zero-order valence-corrected chi connectivity index (χ0v) is 16.7. The summed E-state index contributed by atoms with van der Waals surface area (Å²) in [4.78, 5) is 7.94. The Balaban J connectivity index is 2.76. The Hall–Kier alpha value is -2.79. The van der Waals surface area contributed by atoms with E-state index in [4.69, 9.17) is 26.8 Å². The van der Waals surface area contributed by atoms with Crippen molar-refractivity contribution in [2.24, 2.45) is 10.8 Å². The zero-order valence-electron chi connectivity index (χ0n) is 15.1. The van der Waals surface area contributed by atoms with E-state index in [1.54, 1.807) is 20.2 Å². The van der Waals surface area contributed by atoms with E-state index in [-0.39, 0.29) is 27.6 Å². The molecule has 0 bridgehead atoms. The summed E-state index contributed by atoms with van der Waals surface area (Å²) in [5.74, 6) is -0.549. The molecule has 0 spiro atoms. The molecule has 2 aromatic rings. The van der Waals surface area contributed by atoms with Crippen molar-refractivity contribution >= 4 is 33.5 Å². The number of halogens is 1. The lowest BCUT2D eigenvalue weighted by Crippen LogP contribution is -2.44. The molecule has 12 heteroatoms. The highest BCUT2D eigenvalue weighted by atomic mass is 35.5. The van der Waals surface area contributed by atoms with Gasteiger partial charge in [-0.3, -0.25) is 5.01 Å². The van der Waals surface area contributed by atoms with Gasteiger partial charge in [-0.1, -0.05) is 23.7 Å². The summed E-state index contributed by atoms with van der Waals surface area (Å²) >= 11 is 6.08. The summed E-state index contributed by atoms with van der Waals surface area (Å²) in [5.41, 5.74) is 5.96. The fraction of sp³-hybridized carbons (Fsp3) is 0.267. The van der Waals surface area contributed by atoms with Crippen molar-refractivity contribution in [1.29, 1.82) is 0 Å². The summed E-state index contributed by atoms with van der Waals surface area (Å²) < 4.78 is 37.4. The Kier molecular flexibility index (Phi) is 6.28. The molecule has 1 aromatic heterocycles. The number of hydrogen-bond acceptors (Lipinski definition) is 8.